The van der Waals surface area contributed by atoms with Crippen molar-refractivity contribution in [2.45, 2.75) is 205 Å². The minimum absolute atomic E-state index is 0.134. The minimum Gasteiger partial charge on any atom is -0.413 e. The van der Waals surface area contributed by atoms with Crippen LogP contribution in [0.15, 0.2) is 18.5 Å². The summed E-state index contributed by atoms with van der Waals surface area (Å²) < 4.78 is 30.3. The summed E-state index contributed by atoms with van der Waals surface area (Å²) in [6.45, 7) is 43.2. The van der Waals surface area contributed by atoms with E-state index >= 15 is 0 Å². The maximum absolute atomic E-state index is 7.84. The lowest BCUT2D eigenvalue weighted by Gasteiger charge is -2.54. The van der Waals surface area contributed by atoms with Crippen molar-refractivity contribution >= 4 is 30.6 Å². The molecule has 4 atom stereocenters. The fourth-order valence-electron chi connectivity index (χ4n) is 10.3. The third-order valence-corrected chi connectivity index (χ3v) is 30.4. The van der Waals surface area contributed by atoms with Crippen LogP contribution < -0.4 is 5.73 Å². The van der Waals surface area contributed by atoms with Crippen molar-refractivity contribution in [2.75, 3.05) is 12.3 Å². The van der Waals surface area contributed by atoms with Gasteiger partial charge < -0.3 is 23.7 Å². The van der Waals surface area contributed by atoms with Gasteiger partial charge in [-0.2, -0.15) is 0 Å². The van der Waals surface area contributed by atoms with Gasteiger partial charge in [0.2, 0.25) is 16.6 Å². The van der Waals surface area contributed by atoms with Crippen LogP contribution >= 0.6 is 0 Å². The SMILES string of the molecule is CC(C)[Si](OCC1OC(c2ccncc2N)CC(O[Si](C(C)C)(C(C)C)C(C)C)C1O[Si](C(C)C)(C(C)C)C(C)C)(C(C)C)C(C)C. The molecule has 4 unspecified atom stereocenters. The molecule has 1 aliphatic heterocycles. The average molecular weight is 709 g/mol. The molecule has 0 amide bonds. The van der Waals surface area contributed by atoms with Gasteiger partial charge in [0.25, 0.3) is 0 Å². The molecule has 0 aromatic carbocycles. The summed E-state index contributed by atoms with van der Waals surface area (Å²) >= 11 is 0. The Morgan fingerprint density at radius 3 is 1.45 bits per heavy atom. The zero-order chi connectivity index (χ0) is 36.2. The van der Waals surface area contributed by atoms with Gasteiger partial charge >= 0.3 is 0 Å². The molecule has 2 rings (SSSR count). The van der Waals surface area contributed by atoms with Gasteiger partial charge in [0.05, 0.1) is 36.8 Å². The first-order valence-electron chi connectivity index (χ1n) is 19.0. The van der Waals surface area contributed by atoms with E-state index in [9.17, 15) is 0 Å². The number of ether oxygens (including phenoxy) is 1. The van der Waals surface area contributed by atoms with Gasteiger partial charge in [-0.15, -0.1) is 0 Å². The molecule has 0 saturated carbocycles. The number of anilines is 1. The van der Waals surface area contributed by atoms with Gasteiger partial charge in [0, 0.05) is 18.2 Å². The Bertz CT molecular complexity index is 1030. The Balaban J connectivity index is 2.89. The molecule has 0 bridgehead atoms. The van der Waals surface area contributed by atoms with Crippen LogP contribution in [0.3, 0.4) is 0 Å². The first-order valence-corrected chi connectivity index (χ1v) is 25.4. The van der Waals surface area contributed by atoms with E-state index in [0.29, 0.717) is 68.6 Å². The maximum Gasteiger partial charge on any atom is 0.201 e. The molecule has 2 heterocycles. The highest BCUT2D eigenvalue weighted by molar-refractivity contribution is 6.78. The predicted molar refractivity (Wildman–Crippen MR) is 210 cm³/mol. The van der Waals surface area contributed by atoms with Crippen LogP contribution in [-0.2, 0) is 18.0 Å². The average Bonchev–Trinajstić information content (AvgIpc) is 2.93. The normalized spacial score (nSPS) is 22.1. The monoisotopic (exact) mass is 709 g/mol. The smallest absolute Gasteiger partial charge is 0.201 e. The van der Waals surface area contributed by atoms with E-state index in [1.165, 1.54) is 0 Å². The van der Waals surface area contributed by atoms with E-state index in [1.54, 1.807) is 6.20 Å². The Kier molecular flexibility index (Phi) is 15.5. The summed E-state index contributed by atoms with van der Waals surface area (Å²) in [4.78, 5) is 4.31. The molecular formula is C38H76N2O4Si3. The number of aromatic nitrogens is 1. The number of nitrogens with zero attached hydrogens (tertiary/aromatic N) is 1. The fourth-order valence-corrected chi connectivity index (χ4v) is 26.9. The zero-order valence-corrected chi connectivity index (χ0v) is 36.8. The van der Waals surface area contributed by atoms with E-state index in [4.69, 9.17) is 23.7 Å². The quantitative estimate of drug-likeness (QED) is 0.162. The molecular weight excluding hydrogens is 633 g/mol. The first kappa shape index (κ1) is 42.6. The Labute approximate surface area is 294 Å². The molecule has 0 radical (unpaired) electrons. The lowest BCUT2D eigenvalue weighted by Crippen LogP contribution is -2.62. The van der Waals surface area contributed by atoms with Gasteiger partial charge in [0.1, 0.15) is 6.10 Å². The Hall–Kier alpha value is -0.559. The lowest BCUT2D eigenvalue weighted by molar-refractivity contribution is -0.172. The van der Waals surface area contributed by atoms with E-state index in [1.807, 2.05) is 12.3 Å². The summed E-state index contributed by atoms with van der Waals surface area (Å²) in [5.41, 5.74) is 12.4. The molecule has 0 spiro atoms. The van der Waals surface area contributed by atoms with Crippen molar-refractivity contribution in [3.63, 3.8) is 0 Å². The molecule has 1 fully saturated rings. The number of pyridine rings is 1. The molecule has 1 aromatic rings. The van der Waals surface area contributed by atoms with Crippen LogP contribution in [0.25, 0.3) is 0 Å². The molecule has 0 aliphatic carbocycles. The number of hydrogen-bond acceptors (Lipinski definition) is 6. The van der Waals surface area contributed by atoms with E-state index in [0.717, 1.165) is 5.56 Å². The largest absolute Gasteiger partial charge is 0.413 e. The van der Waals surface area contributed by atoms with Gasteiger partial charge in [-0.25, -0.2) is 0 Å². The van der Waals surface area contributed by atoms with Crippen LogP contribution in [-0.4, -0.2) is 54.9 Å². The fraction of sp³-hybridized carbons (Fsp3) is 0.868. The van der Waals surface area contributed by atoms with Crippen molar-refractivity contribution in [1.82, 2.24) is 4.98 Å². The molecule has 2 N–H and O–H groups in total. The summed E-state index contributed by atoms with van der Waals surface area (Å²) in [5, 5.41) is 0. The summed E-state index contributed by atoms with van der Waals surface area (Å²) in [6.07, 6.45) is 3.42. The molecule has 9 heteroatoms. The summed E-state index contributed by atoms with van der Waals surface area (Å²) in [7, 11) is -6.82. The van der Waals surface area contributed by atoms with Gasteiger partial charge in [-0.05, 0) is 55.9 Å². The third-order valence-electron chi connectivity index (χ3n) is 12.1. The van der Waals surface area contributed by atoms with Crippen LogP contribution in [0.2, 0.25) is 49.9 Å². The van der Waals surface area contributed by atoms with Crippen molar-refractivity contribution in [3.05, 3.63) is 24.0 Å². The van der Waals surface area contributed by atoms with E-state index in [-0.39, 0.29) is 24.4 Å². The van der Waals surface area contributed by atoms with E-state index < -0.39 is 25.0 Å². The Morgan fingerprint density at radius 2 is 1.06 bits per heavy atom. The van der Waals surface area contributed by atoms with Crippen molar-refractivity contribution in [2.24, 2.45) is 0 Å². The molecule has 1 aliphatic rings. The third kappa shape index (κ3) is 8.50. The first-order chi connectivity index (χ1) is 21.6. The second-order valence-corrected chi connectivity index (χ2v) is 33.7. The molecule has 1 saturated heterocycles. The van der Waals surface area contributed by atoms with Crippen LogP contribution in [0.1, 0.15) is 143 Å². The Morgan fingerprint density at radius 1 is 0.660 bits per heavy atom. The number of nitrogen functional groups attached to an aromatic ring is 1. The second-order valence-electron chi connectivity index (χ2n) is 17.4. The number of hydrogen-bond donors (Lipinski definition) is 1. The molecule has 47 heavy (non-hydrogen) atoms. The number of rotatable bonds is 17. The minimum atomic E-state index is -2.33. The molecule has 6 nitrogen and oxygen atoms in total. The van der Waals surface area contributed by atoms with Gasteiger partial charge in [-0.1, -0.05) is 125 Å². The van der Waals surface area contributed by atoms with Crippen LogP contribution in [0.5, 0.6) is 0 Å². The van der Waals surface area contributed by atoms with E-state index in [2.05, 4.69) is 130 Å². The van der Waals surface area contributed by atoms with Crippen molar-refractivity contribution < 1.29 is 18.0 Å². The predicted octanol–water partition coefficient (Wildman–Crippen LogP) is 11.8. The van der Waals surface area contributed by atoms with Gasteiger partial charge in [-0.3, -0.25) is 4.98 Å². The standard InChI is InChI=1S/C38H76N2O4Si3/c1-24(2)45(25(3)4,26(5)6)41-23-37-38(44-47(30(13)14,31(15)16)32(17)18)36(43-46(27(7)8,28(9)10)29(11)12)21-35(42-37)33-19-20-40-22-34(33)39/h19-20,22,24-32,35-38H,21,23,39H2,1-18H3. The second kappa shape index (κ2) is 17.1. The summed E-state index contributed by atoms with van der Waals surface area (Å²) in [6, 6.07) is 2.03. The lowest BCUT2D eigenvalue weighted by atomic mass is 9.94. The van der Waals surface area contributed by atoms with Crippen LogP contribution in [0.4, 0.5) is 5.69 Å². The maximum atomic E-state index is 7.84. The topological polar surface area (TPSA) is 75.8 Å². The summed E-state index contributed by atoms with van der Waals surface area (Å²) in [5.74, 6) is 0. The van der Waals surface area contributed by atoms with Crippen molar-refractivity contribution in [3.8, 4) is 0 Å². The highest BCUT2D eigenvalue weighted by Gasteiger charge is 2.56. The molecule has 1 aromatic heterocycles. The van der Waals surface area contributed by atoms with Crippen LogP contribution in [0, 0.1) is 0 Å². The molecule has 274 valence electrons. The van der Waals surface area contributed by atoms with Gasteiger partial charge in [0.15, 0.2) is 8.32 Å². The highest BCUT2D eigenvalue weighted by Crippen LogP contribution is 2.50. The van der Waals surface area contributed by atoms with Crippen molar-refractivity contribution in [1.29, 1.82) is 0 Å². The highest BCUT2D eigenvalue weighted by atomic mass is 28.4. The number of nitrogens with two attached hydrogens (primary N) is 1. The zero-order valence-electron chi connectivity index (χ0n) is 33.8.